The molecule has 0 amide bonds. The van der Waals surface area contributed by atoms with Crippen LogP contribution in [0.15, 0.2) is 11.6 Å². The summed E-state index contributed by atoms with van der Waals surface area (Å²) in [5, 5.41) is 0. The molecule has 6 unspecified atom stereocenters. The zero-order chi connectivity index (χ0) is 19.4. The van der Waals surface area contributed by atoms with E-state index in [2.05, 4.69) is 27.7 Å². The average molecular weight is 373 g/mol. The third kappa shape index (κ3) is 3.09. The lowest BCUT2D eigenvalue weighted by molar-refractivity contribution is -0.160. The zero-order valence-corrected chi connectivity index (χ0v) is 17.6. The standard InChI is InChI=1S/C24H36O3/c1-15(2)13-22(26)27-21-8-7-19-18-6-5-16-14-17(25)9-11-23(16,3)20(18)10-12-24(19,21)4/h14-15,18-21H,5-13H2,1-4H3. The predicted octanol–water partition coefficient (Wildman–Crippen LogP) is 5.48. The maximum atomic E-state index is 12.3. The molecule has 0 bridgehead atoms. The number of rotatable bonds is 3. The molecule has 27 heavy (non-hydrogen) atoms. The van der Waals surface area contributed by atoms with Gasteiger partial charge in [-0.1, -0.05) is 33.3 Å². The third-order valence-corrected chi connectivity index (χ3v) is 8.72. The predicted molar refractivity (Wildman–Crippen MR) is 106 cm³/mol. The number of allylic oxidation sites excluding steroid dienone is 1. The highest BCUT2D eigenvalue weighted by Crippen LogP contribution is 2.65. The van der Waals surface area contributed by atoms with Crippen molar-refractivity contribution in [3.8, 4) is 0 Å². The molecule has 3 fully saturated rings. The van der Waals surface area contributed by atoms with Crippen LogP contribution in [0.4, 0.5) is 0 Å². The van der Waals surface area contributed by atoms with Gasteiger partial charge in [0.15, 0.2) is 5.78 Å². The number of fused-ring (bicyclic) bond motifs is 5. The van der Waals surface area contributed by atoms with Crippen molar-refractivity contribution in [2.45, 2.75) is 91.6 Å². The van der Waals surface area contributed by atoms with Crippen LogP contribution in [-0.4, -0.2) is 17.9 Å². The molecular weight excluding hydrogens is 336 g/mol. The summed E-state index contributed by atoms with van der Waals surface area (Å²) in [4.78, 5) is 24.3. The molecule has 3 nitrogen and oxygen atoms in total. The van der Waals surface area contributed by atoms with Crippen molar-refractivity contribution in [2.75, 3.05) is 0 Å². The van der Waals surface area contributed by atoms with E-state index in [1.165, 1.54) is 24.8 Å². The summed E-state index contributed by atoms with van der Waals surface area (Å²) < 4.78 is 6.03. The van der Waals surface area contributed by atoms with E-state index in [0.29, 0.717) is 30.0 Å². The minimum atomic E-state index is -0.00869. The van der Waals surface area contributed by atoms with Crippen LogP contribution in [0.5, 0.6) is 0 Å². The van der Waals surface area contributed by atoms with Crippen molar-refractivity contribution in [3.05, 3.63) is 11.6 Å². The van der Waals surface area contributed by atoms with Crippen LogP contribution in [0.1, 0.15) is 85.5 Å². The molecule has 3 heteroatoms. The smallest absolute Gasteiger partial charge is 0.306 e. The van der Waals surface area contributed by atoms with E-state index >= 15 is 0 Å². The summed E-state index contributed by atoms with van der Waals surface area (Å²) in [6.45, 7) is 8.98. The highest BCUT2D eigenvalue weighted by molar-refractivity contribution is 5.91. The number of hydrogen-bond donors (Lipinski definition) is 0. The molecule has 4 aliphatic rings. The Morgan fingerprint density at radius 2 is 1.89 bits per heavy atom. The van der Waals surface area contributed by atoms with Crippen LogP contribution in [-0.2, 0) is 14.3 Å². The fourth-order valence-electron chi connectivity index (χ4n) is 7.24. The molecular formula is C24H36O3. The van der Waals surface area contributed by atoms with Crippen molar-refractivity contribution >= 4 is 11.8 Å². The van der Waals surface area contributed by atoms with Crippen molar-refractivity contribution in [1.29, 1.82) is 0 Å². The van der Waals surface area contributed by atoms with Crippen molar-refractivity contribution in [1.82, 2.24) is 0 Å². The molecule has 0 aliphatic heterocycles. The first-order valence-corrected chi connectivity index (χ1v) is 11.2. The average Bonchev–Trinajstić information content (AvgIpc) is 2.91. The SMILES string of the molecule is CC(C)CC(=O)OC1CCC2C3CCC4=CC(=O)CCC4(C)C3CCC12C. The molecule has 0 aromatic carbocycles. The van der Waals surface area contributed by atoms with E-state index in [1.807, 2.05) is 6.08 Å². The molecule has 150 valence electrons. The van der Waals surface area contributed by atoms with Crippen LogP contribution < -0.4 is 0 Å². The molecule has 0 aromatic heterocycles. The largest absolute Gasteiger partial charge is 0.462 e. The lowest BCUT2D eigenvalue weighted by Crippen LogP contribution is -2.51. The van der Waals surface area contributed by atoms with Crippen LogP contribution in [0.3, 0.4) is 0 Å². The Labute approximate surface area is 164 Å². The molecule has 3 saturated carbocycles. The van der Waals surface area contributed by atoms with Crippen molar-refractivity contribution in [3.63, 3.8) is 0 Å². The molecule has 0 spiro atoms. The number of carbonyl (C=O) groups excluding carboxylic acids is 2. The highest BCUT2D eigenvalue weighted by atomic mass is 16.5. The minimum absolute atomic E-state index is 0.00869. The van der Waals surface area contributed by atoms with E-state index in [4.69, 9.17) is 4.74 Å². The maximum absolute atomic E-state index is 12.3. The van der Waals surface area contributed by atoms with Gasteiger partial charge in [0, 0.05) is 18.3 Å². The molecule has 0 N–H and O–H groups in total. The van der Waals surface area contributed by atoms with Gasteiger partial charge in [-0.2, -0.15) is 0 Å². The van der Waals surface area contributed by atoms with Gasteiger partial charge >= 0.3 is 5.97 Å². The first-order valence-electron chi connectivity index (χ1n) is 11.2. The molecule has 0 aromatic rings. The van der Waals surface area contributed by atoms with Gasteiger partial charge in [-0.05, 0) is 80.1 Å². The summed E-state index contributed by atoms with van der Waals surface area (Å²) >= 11 is 0. The topological polar surface area (TPSA) is 43.4 Å². The second-order valence-electron chi connectivity index (χ2n) is 10.7. The molecule has 4 rings (SSSR count). The lowest BCUT2D eigenvalue weighted by atomic mass is 9.47. The van der Waals surface area contributed by atoms with Crippen LogP contribution >= 0.6 is 0 Å². The van der Waals surface area contributed by atoms with Gasteiger partial charge in [0.25, 0.3) is 0 Å². The van der Waals surface area contributed by atoms with Crippen LogP contribution in [0, 0.1) is 34.5 Å². The summed E-state index contributed by atoms with van der Waals surface area (Å²) in [6, 6.07) is 0. The number of carbonyl (C=O) groups is 2. The Kier molecular flexibility index (Phi) is 4.79. The minimum Gasteiger partial charge on any atom is -0.462 e. The normalized spacial score (nSPS) is 43.6. The summed E-state index contributed by atoms with van der Waals surface area (Å²) in [6.07, 6.45) is 11.3. The van der Waals surface area contributed by atoms with Gasteiger partial charge in [0.1, 0.15) is 6.10 Å². The van der Waals surface area contributed by atoms with E-state index in [1.54, 1.807) is 0 Å². The van der Waals surface area contributed by atoms with Crippen LogP contribution in [0.25, 0.3) is 0 Å². The molecule has 6 atom stereocenters. The zero-order valence-electron chi connectivity index (χ0n) is 17.6. The molecule has 0 saturated heterocycles. The monoisotopic (exact) mass is 372 g/mol. The number of ketones is 1. The summed E-state index contributed by atoms with van der Waals surface area (Å²) in [7, 11) is 0. The Balaban J connectivity index is 1.53. The quantitative estimate of drug-likeness (QED) is 0.616. The van der Waals surface area contributed by atoms with Crippen molar-refractivity contribution in [2.24, 2.45) is 34.5 Å². The Hall–Kier alpha value is -1.12. The van der Waals surface area contributed by atoms with E-state index in [0.717, 1.165) is 38.0 Å². The maximum Gasteiger partial charge on any atom is 0.306 e. The summed E-state index contributed by atoms with van der Waals surface area (Å²) in [5.74, 6) is 2.78. The first-order chi connectivity index (χ1) is 12.7. The Morgan fingerprint density at radius 3 is 2.63 bits per heavy atom. The van der Waals surface area contributed by atoms with Crippen LogP contribution in [0.2, 0.25) is 0 Å². The van der Waals surface area contributed by atoms with Gasteiger partial charge < -0.3 is 4.74 Å². The third-order valence-electron chi connectivity index (χ3n) is 8.72. The fraction of sp³-hybridized carbons (Fsp3) is 0.833. The van der Waals surface area contributed by atoms with Gasteiger partial charge in [-0.25, -0.2) is 0 Å². The number of ether oxygens (including phenoxy) is 1. The first kappa shape index (κ1) is 19.2. The molecule has 4 aliphatic carbocycles. The number of hydrogen-bond acceptors (Lipinski definition) is 3. The van der Waals surface area contributed by atoms with Gasteiger partial charge in [0.05, 0.1) is 0 Å². The molecule has 0 heterocycles. The highest BCUT2D eigenvalue weighted by Gasteiger charge is 2.59. The Morgan fingerprint density at radius 1 is 1.11 bits per heavy atom. The van der Waals surface area contributed by atoms with Gasteiger partial charge in [0.2, 0.25) is 0 Å². The Bertz CT molecular complexity index is 663. The second kappa shape index (κ2) is 6.74. The van der Waals surface area contributed by atoms with E-state index in [-0.39, 0.29) is 22.9 Å². The van der Waals surface area contributed by atoms with Gasteiger partial charge in [-0.15, -0.1) is 0 Å². The van der Waals surface area contributed by atoms with Crippen molar-refractivity contribution < 1.29 is 14.3 Å². The second-order valence-corrected chi connectivity index (χ2v) is 10.7. The van der Waals surface area contributed by atoms with E-state index < -0.39 is 0 Å². The number of esters is 1. The van der Waals surface area contributed by atoms with E-state index in [9.17, 15) is 9.59 Å². The fourth-order valence-corrected chi connectivity index (χ4v) is 7.24. The summed E-state index contributed by atoms with van der Waals surface area (Å²) in [5.41, 5.74) is 1.81. The lowest BCUT2D eigenvalue weighted by Gasteiger charge is -2.57. The molecule has 0 radical (unpaired) electrons. The van der Waals surface area contributed by atoms with Gasteiger partial charge in [-0.3, -0.25) is 9.59 Å².